The van der Waals surface area contributed by atoms with Gasteiger partial charge in [-0.05, 0) is 42.1 Å². The number of hydrogen-bond donors (Lipinski definition) is 2. The van der Waals surface area contributed by atoms with Gasteiger partial charge in [0.2, 0.25) is 0 Å². The number of H-pyrrole nitrogens is 1. The zero-order chi connectivity index (χ0) is 18.1. The summed E-state index contributed by atoms with van der Waals surface area (Å²) in [6.07, 6.45) is 1.45. The molecule has 0 aliphatic rings. The molecule has 2 aromatic carbocycles. The molecule has 0 unspecified atom stereocenters. The number of aromatic nitrogens is 1. The van der Waals surface area contributed by atoms with Gasteiger partial charge in [0.15, 0.2) is 5.78 Å². The number of benzene rings is 2. The fourth-order valence-corrected chi connectivity index (χ4v) is 2.80. The maximum absolute atomic E-state index is 14.6. The minimum atomic E-state index is -0.710. The highest BCUT2D eigenvalue weighted by molar-refractivity contribution is 6.17. The molecular weight excluding hydrogens is 323 g/mol. The number of halogens is 1. The van der Waals surface area contributed by atoms with E-state index in [0.29, 0.717) is 16.3 Å². The first kappa shape index (κ1) is 16.9. The van der Waals surface area contributed by atoms with Gasteiger partial charge in [0, 0.05) is 23.2 Å². The molecule has 0 amide bonds. The number of nitrogens with one attached hydrogen (secondary N) is 1. The molecule has 1 aromatic heterocycles. The van der Waals surface area contributed by atoms with E-state index in [9.17, 15) is 14.0 Å². The average molecular weight is 340 g/mol. The van der Waals surface area contributed by atoms with Crippen LogP contribution in [0, 0.1) is 5.82 Å². The van der Waals surface area contributed by atoms with Crippen LogP contribution >= 0.6 is 0 Å². The van der Waals surface area contributed by atoms with E-state index in [1.54, 1.807) is 37.3 Å². The number of fused-ring (bicyclic) bond motifs is 1. The van der Waals surface area contributed by atoms with Gasteiger partial charge in [0.25, 0.3) is 5.56 Å². The van der Waals surface area contributed by atoms with Gasteiger partial charge in [-0.2, -0.15) is 0 Å². The molecule has 3 aromatic rings. The van der Waals surface area contributed by atoms with Crippen LogP contribution < -0.4 is 16.0 Å². The molecule has 1 heterocycles. The standard InChI is InChI=1S/C19H17FN2O3/c1-10(21)11-8-15(20)17(16(9-11)25-2)18(23)13-4-3-5-14-12(13)6-7-22-19(14)24/h3-10H,21H2,1-2H3,(H,22,24)/t10-/m1/s1. The van der Waals surface area contributed by atoms with E-state index >= 15 is 0 Å². The SMILES string of the molecule is COc1cc([C@@H](C)N)cc(F)c1C(=O)c1cccc2c(=O)[nH]ccc12. The summed E-state index contributed by atoms with van der Waals surface area (Å²) in [7, 11) is 1.37. The summed E-state index contributed by atoms with van der Waals surface area (Å²) < 4.78 is 19.9. The number of carbonyl (C=O) groups is 1. The van der Waals surface area contributed by atoms with Gasteiger partial charge < -0.3 is 15.5 Å². The van der Waals surface area contributed by atoms with Gasteiger partial charge in [0.05, 0.1) is 7.11 Å². The largest absolute Gasteiger partial charge is 0.496 e. The summed E-state index contributed by atoms with van der Waals surface area (Å²) in [6, 6.07) is 8.76. The molecule has 0 aliphatic carbocycles. The van der Waals surface area contributed by atoms with Gasteiger partial charge in [0.1, 0.15) is 17.1 Å². The summed E-state index contributed by atoms with van der Waals surface area (Å²) >= 11 is 0. The second kappa shape index (κ2) is 6.49. The Balaban J connectivity index is 2.23. The van der Waals surface area contributed by atoms with Crippen molar-refractivity contribution >= 4 is 16.6 Å². The average Bonchev–Trinajstić information content (AvgIpc) is 2.60. The third-order valence-corrected chi connectivity index (χ3v) is 4.11. The Labute approximate surface area is 143 Å². The smallest absolute Gasteiger partial charge is 0.255 e. The minimum Gasteiger partial charge on any atom is -0.496 e. The molecule has 0 aliphatic heterocycles. The molecule has 5 nitrogen and oxygen atoms in total. The summed E-state index contributed by atoms with van der Waals surface area (Å²) in [5.74, 6) is -1.15. The number of carbonyl (C=O) groups excluding carboxylic acids is 1. The predicted molar refractivity (Wildman–Crippen MR) is 93.6 cm³/mol. The van der Waals surface area contributed by atoms with Crippen LogP contribution in [0.15, 0.2) is 47.4 Å². The summed E-state index contributed by atoms with van der Waals surface area (Å²) in [4.78, 5) is 27.5. The van der Waals surface area contributed by atoms with E-state index in [-0.39, 0.29) is 22.4 Å². The van der Waals surface area contributed by atoms with Crippen LogP contribution in [-0.2, 0) is 0 Å². The molecule has 0 spiro atoms. The van der Waals surface area contributed by atoms with E-state index in [0.717, 1.165) is 0 Å². The molecule has 6 heteroatoms. The lowest BCUT2D eigenvalue weighted by Gasteiger charge is -2.14. The Morgan fingerprint density at radius 1 is 1.24 bits per heavy atom. The second-order valence-electron chi connectivity index (χ2n) is 5.77. The highest BCUT2D eigenvalue weighted by Gasteiger charge is 2.23. The fraction of sp³-hybridized carbons (Fsp3) is 0.158. The maximum Gasteiger partial charge on any atom is 0.255 e. The van der Waals surface area contributed by atoms with Crippen molar-refractivity contribution in [3.05, 3.63) is 75.5 Å². The molecule has 128 valence electrons. The van der Waals surface area contributed by atoms with Crippen LogP contribution in [0.3, 0.4) is 0 Å². The zero-order valence-electron chi connectivity index (χ0n) is 13.8. The minimum absolute atomic E-state index is 0.110. The molecule has 3 rings (SSSR count). The lowest BCUT2D eigenvalue weighted by molar-refractivity contribution is 0.103. The number of hydrogen-bond acceptors (Lipinski definition) is 4. The highest BCUT2D eigenvalue weighted by Crippen LogP contribution is 2.30. The van der Waals surface area contributed by atoms with E-state index in [4.69, 9.17) is 10.5 Å². The number of ether oxygens (including phenoxy) is 1. The first-order valence-electron chi connectivity index (χ1n) is 7.72. The van der Waals surface area contributed by atoms with Gasteiger partial charge >= 0.3 is 0 Å². The summed E-state index contributed by atoms with van der Waals surface area (Å²) in [5.41, 5.74) is 6.05. The van der Waals surface area contributed by atoms with Crippen LogP contribution in [0.1, 0.15) is 34.5 Å². The van der Waals surface area contributed by atoms with Crippen molar-refractivity contribution in [3.8, 4) is 5.75 Å². The van der Waals surface area contributed by atoms with Crippen molar-refractivity contribution in [3.63, 3.8) is 0 Å². The van der Waals surface area contributed by atoms with Crippen molar-refractivity contribution in [2.24, 2.45) is 5.73 Å². The Morgan fingerprint density at radius 3 is 2.68 bits per heavy atom. The van der Waals surface area contributed by atoms with Crippen LogP contribution in [-0.4, -0.2) is 17.9 Å². The van der Waals surface area contributed by atoms with Crippen molar-refractivity contribution < 1.29 is 13.9 Å². The van der Waals surface area contributed by atoms with E-state index < -0.39 is 17.6 Å². The van der Waals surface area contributed by atoms with E-state index in [2.05, 4.69) is 4.98 Å². The van der Waals surface area contributed by atoms with Crippen molar-refractivity contribution in [2.45, 2.75) is 13.0 Å². The molecule has 25 heavy (non-hydrogen) atoms. The molecule has 3 N–H and O–H groups in total. The van der Waals surface area contributed by atoms with Crippen molar-refractivity contribution in [2.75, 3.05) is 7.11 Å². The van der Waals surface area contributed by atoms with Crippen molar-refractivity contribution in [1.82, 2.24) is 4.98 Å². The Hall–Kier alpha value is -2.99. The third-order valence-electron chi connectivity index (χ3n) is 4.11. The molecule has 0 radical (unpaired) electrons. The number of methoxy groups -OCH3 is 1. The van der Waals surface area contributed by atoms with Crippen molar-refractivity contribution in [1.29, 1.82) is 0 Å². The lowest BCUT2D eigenvalue weighted by Crippen LogP contribution is -2.12. The quantitative estimate of drug-likeness (QED) is 0.715. The first-order valence-corrected chi connectivity index (χ1v) is 7.72. The predicted octanol–water partition coefficient (Wildman–Crippen LogP) is 2.93. The van der Waals surface area contributed by atoms with Gasteiger partial charge in [-0.25, -0.2) is 4.39 Å². The van der Waals surface area contributed by atoms with Gasteiger partial charge in [-0.1, -0.05) is 12.1 Å². The molecule has 1 atom stereocenters. The van der Waals surface area contributed by atoms with Gasteiger partial charge in [-0.3, -0.25) is 9.59 Å². The van der Waals surface area contributed by atoms with E-state index in [1.165, 1.54) is 19.4 Å². The van der Waals surface area contributed by atoms with Gasteiger partial charge in [-0.15, -0.1) is 0 Å². The summed E-state index contributed by atoms with van der Waals surface area (Å²) in [6.45, 7) is 1.71. The number of pyridine rings is 1. The Morgan fingerprint density at radius 2 is 2.00 bits per heavy atom. The number of rotatable bonds is 4. The second-order valence-corrected chi connectivity index (χ2v) is 5.77. The summed E-state index contributed by atoms with van der Waals surface area (Å²) in [5, 5.41) is 0.814. The molecule has 0 saturated heterocycles. The van der Waals surface area contributed by atoms with Crippen LogP contribution in [0.25, 0.3) is 10.8 Å². The maximum atomic E-state index is 14.6. The molecular formula is C19H17FN2O3. The number of nitrogens with two attached hydrogens (primary N) is 1. The topological polar surface area (TPSA) is 85.2 Å². The molecule has 0 bridgehead atoms. The van der Waals surface area contributed by atoms with Crippen LogP contribution in [0.2, 0.25) is 0 Å². The number of aromatic amines is 1. The van der Waals surface area contributed by atoms with Crippen LogP contribution in [0.4, 0.5) is 4.39 Å². The fourth-order valence-electron chi connectivity index (χ4n) is 2.80. The first-order chi connectivity index (χ1) is 11.9. The number of ketones is 1. The van der Waals surface area contributed by atoms with Crippen LogP contribution in [0.5, 0.6) is 5.75 Å². The van der Waals surface area contributed by atoms with E-state index in [1.807, 2.05) is 0 Å². The Bertz CT molecular complexity index is 1020. The third kappa shape index (κ3) is 2.92. The zero-order valence-corrected chi connectivity index (χ0v) is 13.8. The highest BCUT2D eigenvalue weighted by atomic mass is 19.1. The Kier molecular flexibility index (Phi) is 4.37. The monoisotopic (exact) mass is 340 g/mol. The normalized spacial score (nSPS) is 12.2. The molecule has 0 saturated carbocycles. The molecule has 0 fully saturated rings. The lowest BCUT2D eigenvalue weighted by atomic mass is 9.95.